The zero-order chi connectivity index (χ0) is 17.9. The number of nitrogens with one attached hydrogen (secondary N) is 2. The summed E-state index contributed by atoms with van der Waals surface area (Å²) in [6.07, 6.45) is 5.63. The van der Waals surface area contributed by atoms with E-state index in [-0.39, 0.29) is 5.91 Å². The van der Waals surface area contributed by atoms with Gasteiger partial charge in [-0.3, -0.25) is 4.79 Å². The molecule has 4 rings (SSSR count). The van der Waals surface area contributed by atoms with Crippen LogP contribution >= 0.6 is 0 Å². The van der Waals surface area contributed by atoms with Crippen molar-refractivity contribution in [3.8, 4) is 0 Å². The van der Waals surface area contributed by atoms with Crippen molar-refractivity contribution in [3.63, 3.8) is 0 Å². The summed E-state index contributed by atoms with van der Waals surface area (Å²) >= 11 is 0. The topological polar surface area (TPSA) is 50.4 Å². The third kappa shape index (κ3) is 3.13. The van der Waals surface area contributed by atoms with Crippen molar-refractivity contribution in [1.29, 1.82) is 0 Å². The molecule has 3 unspecified atom stereocenters. The highest BCUT2D eigenvalue weighted by Crippen LogP contribution is 2.49. The Morgan fingerprint density at radius 1 is 1.23 bits per heavy atom. The van der Waals surface area contributed by atoms with Gasteiger partial charge in [0.25, 0.3) is 5.91 Å². The van der Waals surface area contributed by atoms with Crippen molar-refractivity contribution in [2.45, 2.75) is 18.4 Å². The fourth-order valence-corrected chi connectivity index (χ4v) is 4.09. The molecule has 1 heterocycles. The molecule has 2 aliphatic rings. The highest BCUT2D eigenvalue weighted by atomic mass is 16.5. The highest BCUT2D eigenvalue weighted by molar-refractivity contribution is 5.95. The van der Waals surface area contributed by atoms with E-state index >= 15 is 0 Å². The molecule has 2 aromatic rings. The molecule has 0 spiro atoms. The minimum Gasteiger partial charge on any atom is -0.383 e. The minimum absolute atomic E-state index is 0.0476. The highest BCUT2D eigenvalue weighted by Gasteiger charge is 2.38. The molecule has 4 heteroatoms. The number of hydrogen-bond donors (Lipinski definition) is 2. The molecule has 2 N–H and O–H groups in total. The van der Waals surface area contributed by atoms with Crippen LogP contribution in [0.2, 0.25) is 0 Å². The summed E-state index contributed by atoms with van der Waals surface area (Å²) in [6.45, 7) is 1.04. The van der Waals surface area contributed by atoms with Crippen LogP contribution in [0, 0.1) is 5.92 Å². The van der Waals surface area contributed by atoms with Crippen molar-refractivity contribution in [3.05, 3.63) is 77.4 Å². The summed E-state index contributed by atoms with van der Waals surface area (Å²) in [5.74, 6) is 0.786. The van der Waals surface area contributed by atoms with Gasteiger partial charge >= 0.3 is 0 Å². The zero-order valence-electron chi connectivity index (χ0n) is 14.9. The van der Waals surface area contributed by atoms with Crippen LogP contribution in [0.1, 0.15) is 39.9 Å². The molecule has 1 amide bonds. The normalized spacial score (nSPS) is 23.0. The van der Waals surface area contributed by atoms with Crippen LogP contribution < -0.4 is 10.6 Å². The number of benzene rings is 2. The Bertz CT molecular complexity index is 816. The van der Waals surface area contributed by atoms with Gasteiger partial charge in [0, 0.05) is 30.8 Å². The van der Waals surface area contributed by atoms with Crippen LogP contribution in [0.25, 0.3) is 0 Å². The van der Waals surface area contributed by atoms with Gasteiger partial charge in [-0.1, -0.05) is 42.5 Å². The largest absolute Gasteiger partial charge is 0.383 e. The summed E-state index contributed by atoms with van der Waals surface area (Å²) < 4.78 is 5.00. The standard InChI is InChI=1S/C22H24N2O2/c1-26-13-12-23-22(25)16-10-11-20-19(14-16)17-8-5-9-18(17)21(24-20)15-6-3-2-4-7-15/h2-8,10-11,14,17-18,21,24H,9,12-13H2,1H3,(H,23,25). The number of carbonyl (C=O) groups excluding carboxylic acids is 1. The van der Waals surface area contributed by atoms with Gasteiger partial charge in [0.2, 0.25) is 0 Å². The Hall–Kier alpha value is -2.59. The average molecular weight is 348 g/mol. The van der Waals surface area contributed by atoms with Crippen LogP contribution in [0.5, 0.6) is 0 Å². The maximum absolute atomic E-state index is 12.4. The fraction of sp³-hybridized carbons (Fsp3) is 0.318. The Kier molecular flexibility index (Phi) is 4.76. The maximum atomic E-state index is 12.4. The molecule has 26 heavy (non-hydrogen) atoms. The third-order valence-electron chi connectivity index (χ3n) is 5.38. The Morgan fingerprint density at radius 2 is 2.08 bits per heavy atom. The molecule has 0 aromatic heterocycles. The average Bonchev–Trinajstić information content (AvgIpc) is 3.18. The first-order valence-electron chi connectivity index (χ1n) is 9.17. The molecule has 134 valence electrons. The molecular formula is C22H24N2O2. The summed E-state index contributed by atoms with van der Waals surface area (Å²) in [7, 11) is 1.63. The van der Waals surface area contributed by atoms with Crippen LogP contribution in [-0.2, 0) is 4.74 Å². The van der Waals surface area contributed by atoms with Crippen molar-refractivity contribution in [1.82, 2.24) is 5.32 Å². The van der Waals surface area contributed by atoms with Gasteiger partial charge in [-0.15, -0.1) is 0 Å². The molecule has 0 saturated heterocycles. The van der Waals surface area contributed by atoms with Crippen LogP contribution in [0.4, 0.5) is 5.69 Å². The first-order chi connectivity index (χ1) is 12.8. The monoisotopic (exact) mass is 348 g/mol. The fourth-order valence-electron chi connectivity index (χ4n) is 4.09. The first-order valence-corrected chi connectivity index (χ1v) is 9.17. The van der Waals surface area contributed by atoms with Gasteiger partial charge in [0.15, 0.2) is 0 Å². The Labute approximate surface area is 154 Å². The van der Waals surface area contributed by atoms with Gasteiger partial charge < -0.3 is 15.4 Å². The summed E-state index contributed by atoms with van der Waals surface area (Å²) in [5.41, 5.74) is 4.37. The van der Waals surface area contributed by atoms with Crippen LogP contribution in [0.15, 0.2) is 60.7 Å². The number of rotatable bonds is 5. The molecular weight excluding hydrogens is 324 g/mol. The number of ether oxygens (including phenoxy) is 1. The summed E-state index contributed by atoms with van der Waals surface area (Å²) in [5, 5.41) is 6.61. The predicted molar refractivity (Wildman–Crippen MR) is 103 cm³/mol. The molecule has 0 fully saturated rings. The molecule has 1 aliphatic heterocycles. The maximum Gasteiger partial charge on any atom is 0.251 e. The summed E-state index contributed by atoms with van der Waals surface area (Å²) in [4.78, 5) is 12.4. The predicted octanol–water partition coefficient (Wildman–Crippen LogP) is 3.89. The first kappa shape index (κ1) is 16.9. The Balaban J connectivity index is 1.62. The smallest absolute Gasteiger partial charge is 0.251 e. The van der Waals surface area contributed by atoms with Gasteiger partial charge in [-0.25, -0.2) is 0 Å². The quantitative estimate of drug-likeness (QED) is 0.637. The number of fused-ring (bicyclic) bond motifs is 3. The van der Waals surface area contributed by atoms with E-state index in [1.807, 2.05) is 18.2 Å². The summed E-state index contributed by atoms with van der Waals surface area (Å²) in [6, 6.07) is 16.9. The van der Waals surface area contributed by atoms with Crippen molar-refractivity contribution in [2.24, 2.45) is 5.92 Å². The Morgan fingerprint density at radius 3 is 2.88 bits per heavy atom. The van der Waals surface area contributed by atoms with Crippen LogP contribution in [-0.4, -0.2) is 26.2 Å². The molecule has 0 saturated carbocycles. The lowest BCUT2D eigenvalue weighted by Crippen LogP contribution is -2.30. The minimum atomic E-state index is -0.0476. The SMILES string of the molecule is COCCNC(=O)c1ccc2c(c1)C1C=CCC1C(c1ccccc1)N2. The van der Waals surface area contributed by atoms with E-state index in [0.717, 1.165) is 12.1 Å². The van der Waals surface area contributed by atoms with Crippen LogP contribution in [0.3, 0.4) is 0 Å². The van der Waals surface area contributed by atoms with Gasteiger partial charge in [0.1, 0.15) is 0 Å². The van der Waals surface area contributed by atoms with E-state index in [1.54, 1.807) is 7.11 Å². The second-order valence-corrected chi connectivity index (χ2v) is 6.94. The number of amides is 1. The number of methoxy groups -OCH3 is 1. The van der Waals surface area contributed by atoms with Crippen molar-refractivity contribution >= 4 is 11.6 Å². The van der Waals surface area contributed by atoms with E-state index in [9.17, 15) is 4.79 Å². The van der Waals surface area contributed by atoms with Gasteiger partial charge in [-0.05, 0) is 41.7 Å². The molecule has 0 bridgehead atoms. The number of allylic oxidation sites excluding steroid dienone is 2. The van der Waals surface area contributed by atoms with E-state index in [0.29, 0.717) is 36.6 Å². The zero-order valence-corrected chi connectivity index (χ0v) is 14.9. The van der Waals surface area contributed by atoms with Gasteiger partial charge in [0.05, 0.1) is 12.6 Å². The van der Waals surface area contributed by atoms with Gasteiger partial charge in [-0.2, -0.15) is 0 Å². The molecule has 2 aromatic carbocycles. The number of carbonyl (C=O) groups is 1. The van der Waals surface area contributed by atoms with Crippen molar-refractivity contribution in [2.75, 3.05) is 25.6 Å². The molecule has 1 aliphatic carbocycles. The second kappa shape index (κ2) is 7.34. The van der Waals surface area contributed by atoms with E-state index < -0.39 is 0 Å². The number of hydrogen-bond acceptors (Lipinski definition) is 3. The van der Waals surface area contributed by atoms with E-state index in [4.69, 9.17) is 4.74 Å². The van der Waals surface area contributed by atoms with E-state index in [1.165, 1.54) is 11.1 Å². The number of anilines is 1. The lowest BCUT2D eigenvalue weighted by Gasteiger charge is -2.37. The molecule has 4 nitrogen and oxygen atoms in total. The molecule has 0 radical (unpaired) electrons. The second-order valence-electron chi connectivity index (χ2n) is 6.94. The lowest BCUT2D eigenvalue weighted by atomic mass is 9.76. The van der Waals surface area contributed by atoms with E-state index in [2.05, 4.69) is 53.1 Å². The van der Waals surface area contributed by atoms with Crippen molar-refractivity contribution < 1.29 is 9.53 Å². The molecule has 3 atom stereocenters. The third-order valence-corrected chi connectivity index (χ3v) is 5.38. The lowest BCUT2D eigenvalue weighted by molar-refractivity contribution is 0.0937.